The number of aryl methyl sites for hydroxylation is 3. The van der Waals surface area contributed by atoms with Gasteiger partial charge in [0.25, 0.3) is 11.8 Å². The Morgan fingerprint density at radius 3 is 2.34 bits per heavy atom. The summed E-state index contributed by atoms with van der Waals surface area (Å²) in [7, 11) is -2.25. The first-order chi connectivity index (χ1) is 31.8. The first-order valence-corrected chi connectivity index (χ1v) is 24.6. The molecule has 0 spiro atoms. The number of hydrogen-bond acceptors (Lipinski definition) is 8. The maximum absolute atomic E-state index is 16.2. The van der Waals surface area contributed by atoms with Crippen molar-refractivity contribution in [1.82, 2.24) is 42.9 Å². The Kier molecular flexibility index (Phi) is 9.54. The Labute approximate surface area is 385 Å². The number of ether oxygens (including phenoxy) is 1. The van der Waals surface area contributed by atoms with E-state index in [1.54, 1.807) is 59.2 Å². The van der Waals surface area contributed by atoms with Crippen molar-refractivity contribution in [2.75, 3.05) is 12.9 Å². The van der Waals surface area contributed by atoms with E-state index in [4.69, 9.17) is 9.84 Å². The summed E-state index contributed by atoms with van der Waals surface area (Å²) in [6, 6.07) is 13.5. The van der Waals surface area contributed by atoms with Crippen LogP contribution in [0.2, 0.25) is 0 Å². The number of carbonyl (C=O) groups is 2. The Morgan fingerprint density at radius 2 is 1.64 bits per heavy atom. The average molecular weight is 932 g/mol. The molecule has 1 N–H and O–H groups in total. The normalized spacial score (nSPS) is 23.3. The number of fused-ring (bicyclic) bond motifs is 6. The molecule has 3 fully saturated rings. The monoisotopic (exact) mass is 931 g/mol. The van der Waals surface area contributed by atoms with Crippen molar-refractivity contribution < 1.29 is 31.5 Å². The molecule has 0 unspecified atom stereocenters. The highest BCUT2D eigenvalue weighted by molar-refractivity contribution is 7.89. The van der Waals surface area contributed by atoms with E-state index >= 15 is 13.6 Å². The minimum Gasteiger partial charge on any atom is -0.376 e. The molecule has 348 valence electrons. The summed E-state index contributed by atoms with van der Waals surface area (Å²) in [5.41, 5.74) is 2.83. The van der Waals surface area contributed by atoms with Crippen LogP contribution in [0.15, 0.2) is 71.9 Å². The third-order valence-electron chi connectivity index (χ3n) is 14.8. The fraction of sp³-hybridized carbons (Fsp3) is 0.408. The molecule has 3 aromatic carbocycles. The molecule has 3 aliphatic heterocycles. The Balaban J connectivity index is 1.07. The van der Waals surface area contributed by atoms with E-state index in [0.717, 1.165) is 30.0 Å². The number of imidazole rings is 1. The molecule has 1 aliphatic carbocycles. The zero-order valence-corrected chi connectivity index (χ0v) is 39.1. The van der Waals surface area contributed by atoms with E-state index in [9.17, 15) is 18.0 Å². The topological polar surface area (TPSA) is 160 Å². The number of amides is 2. The molecule has 67 heavy (non-hydrogen) atoms. The third kappa shape index (κ3) is 6.64. The SMILES string of the molecule is Cc1cc(-n2nc3c(c2-n2ccn(-c4ccc5c(cnn5C)c4F)c2=O)[C@@H]2CC[C@H](C3)N2C(=O)c2cc3cc([C@H]4CCOC(C)(C)C4)ccc3n2[C@@]2(C(=O)NS(C)(=O)=O)C[C@@H]2C)cc(C)c1F. The van der Waals surface area contributed by atoms with Crippen LogP contribution in [0.5, 0.6) is 0 Å². The Bertz CT molecular complexity index is 3430. The van der Waals surface area contributed by atoms with Crippen LogP contribution in [0, 0.1) is 31.4 Å². The van der Waals surface area contributed by atoms with E-state index in [1.165, 1.54) is 27.6 Å². The number of nitrogens with zero attached hydrogens (tertiary/aromatic N) is 8. The van der Waals surface area contributed by atoms with Crippen LogP contribution >= 0.6 is 0 Å². The number of halogens is 2. The molecular weight excluding hydrogens is 881 g/mol. The molecule has 2 saturated heterocycles. The summed E-state index contributed by atoms with van der Waals surface area (Å²) in [5.74, 6) is -1.81. The second-order valence-corrected chi connectivity index (χ2v) is 21.5. The van der Waals surface area contributed by atoms with Gasteiger partial charge in [-0.1, -0.05) is 13.0 Å². The smallest absolute Gasteiger partial charge is 0.338 e. The van der Waals surface area contributed by atoms with E-state index < -0.39 is 39.0 Å². The van der Waals surface area contributed by atoms with Crippen LogP contribution < -0.4 is 10.4 Å². The van der Waals surface area contributed by atoms with Gasteiger partial charge in [0, 0.05) is 55.0 Å². The van der Waals surface area contributed by atoms with Gasteiger partial charge in [0.15, 0.2) is 5.82 Å². The lowest BCUT2D eigenvalue weighted by atomic mass is 9.83. The molecule has 4 aliphatic rings. The van der Waals surface area contributed by atoms with Crippen molar-refractivity contribution in [2.45, 2.75) is 102 Å². The number of benzene rings is 3. The van der Waals surface area contributed by atoms with Crippen LogP contribution in [0.4, 0.5) is 8.78 Å². The van der Waals surface area contributed by atoms with Gasteiger partial charge in [-0.3, -0.25) is 28.1 Å². The molecule has 11 rings (SSSR count). The quantitative estimate of drug-likeness (QED) is 0.172. The maximum atomic E-state index is 16.2. The largest absolute Gasteiger partial charge is 0.376 e. The van der Waals surface area contributed by atoms with Gasteiger partial charge in [-0.25, -0.2) is 26.7 Å². The number of hydrogen-bond donors (Lipinski definition) is 1. The van der Waals surface area contributed by atoms with Gasteiger partial charge in [-0.05, 0) is 131 Å². The molecule has 0 radical (unpaired) electrons. The van der Waals surface area contributed by atoms with Crippen LogP contribution in [0.1, 0.15) is 103 Å². The highest BCUT2D eigenvalue weighted by Crippen LogP contribution is 2.54. The minimum absolute atomic E-state index is 0.0232. The summed E-state index contributed by atoms with van der Waals surface area (Å²) >= 11 is 0. The van der Waals surface area contributed by atoms with Gasteiger partial charge in [0.1, 0.15) is 22.9 Å². The van der Waals surface area contributed by atoms with Crippen LogP contribution in [0.3, 0.4) is 0 Å². The van der Waals surface area contributed by atoms with E-state index in [2.05, 4.69) is 29.7 Å². The summed E-state index contributed by atoms with van der Waals surface area (Å²) in [4.78, 5) is 46.5. The van der Waals surface area contributed by atoms with Crippen molar-refractivity contribution in [3.8, 4) is 17.2 Å². The van der Waals surface area contributed by atoms with Crippen LogP contribution in [0.25, 0.3) is 39.0 Å². The van der Waals surface area contributed by atoms with Crippen molar-refractivity contribution in [3.05, 3.63) is 123 Å². The zero-order valence-electron chi connectivity index (χ0n) is 38.3. The number of aromatic nitrogens is 7. The fourth-order valence-electron chi connectivity index (χ4n) is 11.5. The van der Waals surface area contributed by atoms with Crippen molar-refractivity contribution in [3.63, 3.8) is 0 Å². The number of sulfonamides is 1. The van der Waals surface area contributed by atoms with Gasteiger partial charge in [-0.15, -0.1) is 0 Å². The Morgan fingerprint density at radius 1 is 0.925 bits per heavy atom. The first-order valence-electron chi connectivity index (χ1n) is 22.7. The molecule has 2 amide bonds. The second-order valence-electron chi connectivity index (χ2n) is 19.8. The standard InChI is InChI=1S/C49H51F2N9O6S/c1-26-18-33(19-27(2)42(26)50)60-44(57-16-15-56(47(57)63)39-13-12-37-34(43(39)51)25-52-55(37)6)41-35(53-60)22-32-9-11-38(41)58(32)45(61)40-21-31-20-29(30-14-17-66-48(4,5)24-30)8-10-36(31)59(40)49(23-28(49)3)46(62)54-67(7,64)65/h8,10,12-13,15-16,18-21,25,28,30,32,38H,9,11,14,17,22-24H2,1-7H3,(H,54,62)/t28-,30-,32+,38-,49-/m0/s1. The van der Waals surface area contributed by atoms with Gasteiger partial charge >= 0.3 is 5.69 Å². The number of carbonyl (C=O) groups excluding carboxylic acids is 2. The van der Waals surface area contributed by atoms with Crippen molar-refractivity contribution in [1.29, 1.82) is 0 Å². The first kappa shape index (κ1) is 43.2. The van der Waals surface area contributed by atoms with Gasteiger partial charge < -0.3 is 14.2 Å². The summed E-state index contributed by atoms with van der Waals surface area (Å²) in [6.07, 6.45) is 8.80. The fourth-order valence-corrected chi connectivity index (χ4v) is 12.0. The van der Waals surface area contributed by atoms with Gasteiger partial charge in [-0.2, -0.15) is 10.2 Å². The predicted octanol–water partition coefficient (Wildman–Crippen LogP) is 6.94. The lowest BCUT2D eigenvalue weighted by Gasteiger charge is -2.36. The van der Waals surface area contributed by atoms with Gasteiger partial charge in [0.2, 0.25) is 10.0 Å². The van der Waals surface area contributed by atoms with Crippen molar-refractivity contribution >= 4 is 43.6 Å². The van der Waals surface area contributed by atoms with Crippen molar-refractivity contribution in [2.24, 2.45) is 13.0 Å². The second kappa shape index (κ2) is 14.8. The van der Waals surface area contributed by atoms with Crippen LogP contribution in [-0.4, -0.2) is 82.9 Å². The highest BCUT2D eigenvalue weighted by atomic mass is 32.2. The Hall–Kier alpha value is -6.40. The van der Waals surface area contributed by atoms with Crippen LogP contribution in [-0.2, 0) is 38.6 Å². The molecule has 5 atom stereocenters. The lowest BCUT2D eigenvalue weighted by molar-refractivity contribution is -0.124. The summed E-state index contributed by atoms with van der Waals surface area (Å²) in [5, 5.41) is 10.3. The highest BCUT2D eigenvalue weighted by Gasteiger charge is 2.61. The summed E-state index contributed by atoms with van der Waals surface area (Å²) in [6.45, 7) is 9.96. The predicted molar refractivity (Wildman–Crippen MR) is 246 cm³/mol. The molecule has 4 aromatic heterocycles. The third-order valence-corrected chi connectivity index (χ3v) is 15.4. The molecule has 18 heteroatoms. The number of nitrogens with one attached hydrogen (secondary N) is 1. The van der Waals surface area contributed by atoms with E-state index in [0.29, 0.717) is 77.2 Å². The van der Waals surface area contributed by atoms with E-state index in [1.807, 2.05) is 30.0 Å². The zero-order chi connectivity index (χ0) is 47.2. The maximum Gasteiger partial charge on any atom is 0.338 e. The lowest BCUT2D eigenvalue weighted by Crippen LogP contribution is -2.46. The van der Waals surface area contributed by atoms with E-state index in [-0.39, 0.29) is 52.0 Å². The molecule has 1 saturated carbocycles. The molecule has 15 nitrogen and oxygen atoms in total. The average Bonchev–Trinajstić information content (AvgIpc) is 3.82. The molecule has 7 heterocycles. The number of rotatable bonds is 8. The molecule has 7 aromatic rings. The minimum atomic E-state index is -3.96. The molecule has 2 bridgehead atoms. The van der Waals surface area contributed by atoms with Gasteiger partial charge in [0.05, 0.1) is 52.1 Å². The molecular formula is C49H51F2N9O6S. The summed E-state index contributed by atoms with van der Waals surface area (Å²) < 4.78 is 72.3.